The molecule has 0 saturated heterocycles. The molecule has 0 aliphatic carbocycles. The second-order valence-electron chi connectivity index (χ2n) is 3.15. The molecule has 1 aromatic rings. The Kier molecular flexibility index (Phi) is 3.87. The second-order valence-corrected chi connectivity index (χ2v) is 3.15. The summed E-state index contributed by atoms with van der Waals surface area (Å²) < 4.78 is 48.7. The minimum atomic E-state index is -4.17. The first-order valence-corrected chi connectivity index (χ1v) is 4.42. The summed E-state index contributed by atoms with van der Waals surface area (Å²) in [5.74, 6) is -5.51. The van der Waals surface area contributed by atoms with Crippen molar-refractivity contribution in [3.63, 3.8) is 0 Å². The predicted octanol–water partition coefficient (Wildman–Crippen LogP) is 2.09. The van der Waals surface area contributed by atoms with Crippen molar-refractivity contribution in [2.45, 2.75) is 12.3 Å². The molecular formula is C9H8F4N2O2. The van der Waals surface area contributed by atoms with Crippen molar-refractivity contribution < 1.29 is 27.5 Å². The van der Waals surface area contributed by atoms with E-state index in [-0.39, 0.29) is 11.4 Å². The van der Waals surface area contributed by atoms with Crippen LogP contribution < -0.4 is 5.32 Å². The Morgan fingerprint density at radius 2 is 2.18 bits per heavy atom. The molecule has 94 valence electrons. The summed E-state index contributed by atoms with van der Waals surface area (Å²) >= 11 is 0. The molecule has 0 bridgehead atoms. The molecule has 1 heterocycles. The summed E-state index contributed by atoms with van der Waals surface area (Å²) in [6, 6.07) is 2.18. The largest absolute Gasteiger partial charge is 0.477 e. The molecule has 0 spiro atoms. The number of hydrogen-bond donors (Lipinski definition) is 2. The molecule has 0 saturated carbocycles. The minimum absolute atomic E-state index is 0.0160. The number of nitrogens with one attached hydrogen (secondary N) is 1. The number of hydrogen-bond acceptors (Lipinski definition) is 3. The number of carbonyl (C=O) groups is 1. The monoisotopic (exact) mass is 252 g/mol. The standard InChI is InChI=1S/C9H8F4N2O2/c10-8(11)9(12,13)4-15-5-1-2-14-6(3-5)7(16)17/h1-3,8H,4H2,(H,14,15)(H,16,17). The molecule has 0 amide bonds. The SMILES string of the molecule is O=C(O)c1cc(NCC(F)(F)C(F)F)ccn1. The van der Waals surface area contributed by atoms with Gasteiger partial charge in [0.2, 0.25) is 0 Å². The lowest BCUT2D eigenvalue weighted by Crippen LogP contribution is -2.34. The molecule has 0 atom stereocenters. The van der Waals surface area contributed by atoms with Gasteiger partial charge in [-0.3, -0.25) is 0 Å². The van der Waals surface area contributed by atoms with Gasteiger partial charge in [-0.1, -0.05) is 0 Å². The van der Waals surface area contributed by atoms with Crippen LogP contribution in [0.1, 0.15) is 10.5 Å². The fourth-order valence-electron chi connectivity index (χ4n) is 0.955. The van der Waals surface area contributed by atoms with Gasteiger partial charge in [0.05, 0.1) is 6.54 Å². The Balaban J connectivity index is 2.70. The smallest absolute Gasteiger partial charge is 0.354 e. The minimum Gasteiger partial charge on any atom is -0.477 e. The fourth-order valence-corrected chi connectivity index (χ4v) is 0.955. The van der Waals surface area contributed by atoms with Crippen LogP contribution in [-0.2, 0) is 0 Å². The average Bonchev–Trinajstić information content (AvgIpc) is 2.26. The molecule has 4 nitrogen and oxygen atoms in total. The van der Waals surface area contributed by atoms with Crippen LogP contribution in [0, 0.1) is 0 Å². The molecule has 17 heavy (non-hydrogen) atoms. The van der Waals surface area contributed by atoms with Crippen molar-refractivity contribution in [3.8, 4) is 0 Å². The summed E-state index contributed by atoms with van der Waals surface area (Å²) in [5, 5.41) is 10.6. The highest BCUT2D eigenvalue weighted by molar-refractivity contribution is 5.86. The van der Waals surface area contributed by atoms with Crippen molar-refractivity contribution in [2.24, 2.45) is 0 Å². The maximum absolute atomic E-state index is 12.5. The predicted molar refractivity (Wildman–Crippen MR) is 50.6 cm³/mol. The third-order valence-corrected chi connectivity index (χ3v) is 1.83. The van der Waals surface area contributed by atoms with Gasteiger partial charge in [-0.15, -0.1) is 0 Å². The lowest BCUT2D eigenvalue weighted by molar-refractivity contribution is -0.117. The van der Waals surface area contributed by atoms with Crippen LogP contribution in [0.25, 0.3) is 0 Å². The summed E-state index contributed by atoms with van der Waals surface area (Å²) in [6.45, 7) is -1.28. The molecule has 0 aliphatic rings. The van der Waals surface area contributed by atoms with Crippen molar-refractivity contribution in [3.05, 3.63) is 24.0 Å². The zero-order chi connectivity index (χ0) is 13.1. The maximum Gasteiger partial charge on any atom is 0.354 e. The normalized spacial score (nSPS) is 11.6. The van der Waals surface area contributed by atoms with Crippen molar-refractivity contribution in [1.82, 2.24) is 4.98 Å². The summed E-state index contributed by atoms with van der Waals surface area (Å²) in [6.07, 6.45) is -2.71. The van der Waals surface area contributed by atoms with E-state index in [1.54, 1.807) is 0 Å². The van der Waals surface area contributed by atoms with Gasteiger partial charge < -0.3 is 10.4 Å². The first-order chi connectivity index (χ1) is 7.83. The number of pyridine rings is 1. The Hall–Kier alpha value is -1.86. The third kappa shape index (κ3) is 3.58. The van der Waals surface area contributed by atoms with Crippen molar-refractivity contribution >= 4 is 11.7 Å². The topological polar surface area (TPSA) is 62.2 Å². The van der Waals surface area contributed by atoms with Gasteiger partial charge in [-0.25, -0.2) is 18.6 Å². The van der Waals surface area contributed by atoms with Crippen LogP contribution in [0.2, 0.25) is 0 Å². The molecule has 1 aromatic heterocycles. The van der Waals surface area contributed by atoms with E-state index >= 15 is 0 Å². The lowest BCUT2D eigenvalue weighted by Gasteiger charge is -2.16. The zero-order valence-electron chi connectivity index (χ0n) is 8.33. The Bertz CT molecular complexity index is 412. The third-order valence-electron chi connectivity index (χ3n) is 1.83. The first-order valence-electron chi connectivity index (χ1n) is 4.42. The Labute approximate surface area is 93.3 Å². The number of rotatable bonds is 5. The highest BCUT2D eigenvalue weighted by Crippen LogP contribution is 2.23. The fraction of sp³-hybridized carbons (Fsp3) is 0.333. The van der Waals surface area contributed by atoms with Gasteiger partial charge in [0.1, 0.15) is 5.69 Å². The Morgan fingerprint density at radius 3 is 2.71 bits per heavy atom. The molecule has 0 fully saturated rings. The highest BCUT2D eigenvalue weighted by Gasteiger charge is 2.40. The number of aromatic carboxylic acids is 1. The van der Waals surface area contributed by atoms with E-state index in [1.165, 1.54) is 6.07 Å². The van der Waals surface area contributed by atoms with E-state index in [0.717, 1.165) is 12.3 Å². The van der Waals surface area contributed by atoms with E-state index in [4.69, 9.17) is 5.11 Å². The summed E-state index contributed by atoms with van der Waals surface area (Å²) in [7, 11) is 0. The number of carboxylic acids is 1. The maximum atomic E-state index is 12.5. The van der Waals surface area contributed by atoms with Crippen molar-refractivity contribution in [1.29, 1.82) is 0 Å². The number of carboxylic acid groups (broad SMARTS) is 1. The average molecular weight is 252 g/mol. The van der Waals surface area contributed by atoms with E-state index in [1.807, 2.05) is 5.32 Å². The van der Waals surface area contributed by atoms with Crippen LogP contribution in [0.3, 0.4) is 0 Å². The van der Waals surface area contributed by atoms with Crippen molar-refractivity contribution in [2.75, 3.05) is 11.9 Å². The van der Waals surface area contributed by atoms with Gasteiger partial charge in [0.15, 0.2) is 0 Å². The molecule has 0 unspecified atom stereocenters. The summed E-state index contributed by atoms with van der Waals surface area (Å²) in [4.78, 5) is 13.9. The summed E-state index contributed by atoms with van der Waals surface area (Å²) in [5.41, 5.74) is -0.381. The quantitative estimate of drug-likeness (QED) is 0.788. The molecule has 2 N–H and O–H groups in total. The molecule has 0 aliphatic heterocycles. The van der Waals surface area contributed by atoms with Crippen LogP contribution >= 0.6 is 0 Å². The van der Waals surface area contributed by atoms with Gasteiger partial charge in [-0.05, 0) is 12.1 Å². The van der Waals surface area contributed by atoms with Gasteiger partial charge in [0, 0.05) is 11.9 Å². The zero-order valence-corrected chi connectivity index (χ0v) is 8.33. The number of halogens is 4. The molecular weight excluding hydrogens is 244 g/mol. The first kappa shape index (κ1) is 13.2. The molecule has 0 aromatic carbocycles. The molecule has 1 rings (SSSR count). The molecule has 8 heteroatoms. The van der Waals surface area contributed by atoms with Gasteiger partial charge in [0.25, 0.3) is 0 Å². The van der Waals surface area contributed by atoms with Crippen LogP contribution in [0.4, 0.5) is 23.2 Å². The number of anilines is 1. The van der Waals surface area contributed by atoms with Crippen LogP contribution in [-0.4, -0.2) is 35.0 Å². The van der Waals surface area contributed by atoms with E-state index in [2.05, 4.69) is 4.98 Å². The van der Waals surface area contributed by atoms with Gasteiger partial charge >= 0.3 is 18.3 Å². The Morgan fingerprint density at radius 1 is 1.53 bits per heavy atom. The van der Waals surface area contributed by atoms with E-state index in [9.17, 15) is 22.4 Å². The lowest BCUT2D eigenvalue weighted by atomic mass is 10.3. The van der Waals surface area contributed by atoms with Crippen LogP contribution in [0.5, 0.6) is 0 Å². The number of aromatic nitrogens is 1. The van der Waals surface area contributed by atoms with Gasteiger partial charge in [-0.2, -0.15) is 8.78 Å². The number of alkyl halides is 4. The van der Waals surface area contributed by atoms with E-state index < -0.39 is 24.9 Å². The second kappa shape index (κ2) is 4.98. The van der Waals surface area contributed by atoms with E-state index in [0.29, 0.717) is 0 Å². The number of nitrogens with zero attached hydrogens (tertiary/aromatic N) is 1. The molecule has 0 radical (unpaired) electrons. The highest BCUT2D eigenvalue weighted by atomic mass is 19.3. The van der Waals surface area contributed by atoms with Crippen LogP contribution in [0.15, 0.2) is 18.3 Å².